The second-order valence-electron chi connectivity index (χ2n) is 10.3. The van der Waals surface area contributed by atoms with Gasteiger partial charge in [0.25, 0.3) is 0 Å². The number of ether oxygens (including phenoxy) is 4. The SMILES string of the molecule is O=C(Nc1cccc2ccccc12)O[C@@H]1CO[C@H]2[C@@H]1OC[C@@H]2n1nnnc1-c1ccc(CN2CCOCC2)cc1. The average molecular weight is 543 g/mol. The van der Waals surface area contributed by atoms with Crippen molar-refractivity contribution < 1.29 is 23.7 Å². The van der Waals surface area contributed by atoms with Crippen molar-refractivity contribution in [2.24, 2.45) is 0 Å². The van der Waals surface area contributed by atoms with Crippen LogP contribution in [0.3, 0.4) is 0 Å². The van der Waals surface area contributed by atoms with E-state index in [0.29, 0.717) is 18.1 Å². The van der Waals surface area contributed by atoms with Gasteiger partial charge in [0.2, 0.25) is 0 Å². The summed E-state index contributed by atoms with van der Waals surface area (Å²) in [4.78, 5) is 15.2. The van der Waals surface area contributed by atoms with E-state index in [1.165, 1.54) is 5.56 Å². The van der Waals surface area contributed by atoms with Gasteiger partial charge in [0.1, 0.15) is 18.2 Å². The lowest BCUT2D eigenvalue weighted by Gasteiger charge is -2.26. The van der Waals surface area contributed by atoms with E-state index in [2.05, 4.69) is 37.9 Å². The Bertz CT molecular complexity index is 1480. The molecule has 3 fully saturated rings. The number of benzene rings is 3. The first-order valence-electron chi connectivity index (χ1n) is 13.6. The van der Waals surface area contributed by atoms with Gasteiger partial charge in [-0.2, -0.15) is 0 Å². The zero-order chi connectivity index (χ0) is 26.9. The Kier molecular flexibility index (Phi) is 6.86. The third kappa shape index (κ3) is 4.92. The number of amides is 1. The monoisotopic (exact) mass is 542 g/mol. The van der Waals surface area contributed by atoms with Gasteiger partial charge in [0.05, 0.1) is 32.1 Å². The van der Waals surface area contributed by atoms with E-state index in [1.54, 1.807) is 4.68 Å². The second-order valence-corrected chi connectivity index (χ2v) is 10.3. The van der Waals surface area contributed by atoms with Gasteiger partial charge in [0, 0.05) is 30.6 Å². The minimum Gasteiger partial charge on any atom is -0.441 e. The molecule has 0 unspecified atom stereocenters. The van der Waals surface area contributed by atoms with Crippen LogP contribution in [0.25, 0.3) is 22.2 Å². The molecule has 0 bridgehead atoms. The molecule has 0 radical (unpaired) electrons. The zero-order valence-electron chi connectivity index (χ0n) is 21.9. The largest absolute Gasteiger partial charge is 0.441 e. The fourth-order valence-corrected chi connectivity index (χ4v) is 5.75. The summed E-state index contributed by atoms with van der Waals surface area (Å²) in [6.45, 7) is 4.93. The summed E-state index contributed by atoms with van der Waals surface area (Å²) in [7, 11) is 0. The van der Waals surface area contributed by atoms with Crippen molar-refractivity contribution in [2.75, 3.05) is 44.8 Å². The van der Waals surface area contributed by atoms with Crippen molar-refractivity contribution in [3.63, 3.8) is 0 Å². The van der Waals surface area contributed by atoms with Crippen LogP contribution in [-0.4, -0.2) is 89.0 Å². The third-order valence-corrected chi connectivity index (χ3v) is 7.80. The standard InChI is InChI=1S/C29H30N6O5/c36-29(30-23-7-3-5-20-4-1-2-6-22(20)23)40-25-18-39-26-24(17-38-27(25)26)35-28(31-32-33-35)21-10-8-19(9-11-21)16-34-12-14-37-15-13-34/h1-11,24-27H,12-18H2,(H,30,36)/t24-,25+,26+,27+/m0/s1. The normalized spacial score (nSPS) is 24.7. The lowest BCUT2D eigenvalue weighted by Crippen LogP contribution is -2.35. The van der Waals surface area contributed by atoms with Gasteiger partial charge < -0.3 is 18.9 Å². The van der Waals surface area contributed by atoms with Crippen LogP contribution in [0.15, 0.2) is 66.7 Å². The number of fused-ring (bicyclic) bond motifs is 2. The zero-order valence-corrected chi connectivity index (χ0v) is 21.9. The molecule has 4 heterocycles. The summed E-state index contributed by atoms with van der Waals surface area (Å²) >= 11 is 0. The molecule has 1 aromatic heterocycles. The number of carbonyl (C=O) groups excluding carboxylic acids is 1. The number of anilines is 1. The van der Waals surface area contributed by atoms with Gasteiger partial charge in [-0.3, -0.25) is 10.2 Å². The van der Waals surface area contributed by atoms with Crippen LogP contribution >= 0.6 is 0 Å². The van der Waals surface area contributed by atoms with Crippen LogP contribution in [0.2, 0.25) is 0 Å². The predicted octanol–water partition coefficient (Wildman–Crippen LogP) is 3.28. The van der Waals surface area contributed by atoms with E-state index < -0.39 is 18.3 Å². The average Bonchev–Trinajstić information content (AvgIpc) is 3.72. The lowest BCUT2D eigenvalue weighted by molar-refractivity contribution is 0.00775. The minimum atomic E-state index is -0.544. The molecule has 4 atom stereocenters. The molecule has 7 rings (SSSR count). The molecule has 11 heteroatoms. The highest BCUT2D eigenvalue weighted by Crippen LogP contribution is 2.37. The van der Waals surface area contributed by atoms with Crippen molar-refractivity contribution in [2.45, 2.75) is 30.9 Å². The number of carbonyl (C=O) groups is 1. The topological polar surface area (TPSA) is 113 Å². The summed E-state index contributed by atoms with van der Waals surface area (Å²) in [6.07, 6.45) is -1.82. The number of hydrogen-bond donors (Lipinski definition) is 1. The van der Waals surface area contributed by atoms with Crippen molar-refractivity contribution in [3.05, 3.63) is 72.3 Å². The number of aromatic nitrogens is 4. The van der Waals surface area contributed by atoms with Crippen LogP contribution in [-0.2, 0) is 25.5 Å². The molecule has 3 saturated heterocycles. The molecule has 11 nitrogen and oxygen atoms in total. The molecule has 0 saturated carbocycles. The van der Waals surface area contributed by atoms with E-state index in [0.717, 1.165) is 49.2 Å². The first kappa shape index (κ1) is 25.1. The summed E-state index contributed by atoms with van der Waals surface area (Å²) in [5.41, 5.74) is 2.84. The second kappa shape index (κ2) is 10.9. The highest BCUT2D eigenvalue weighted by molar-refractivity contribution is 6.00. The number of hydrogen-bond acceptors (Lipinski definition) is 9. The maximum atomic E-state index is 12.8. The van der Waals surface area contributed by atoms with Crippen molar-refractivity contribution in [3.8, 4) is 11.4 Å². The number of morpholine rings is 1. The first-order valence-corrected chi connectivity index (χ1v) is 13.6. The lowest BCUT2D eigenvalue weighted by atomic mass is 10.1. The van der Waals surface area contributed by atoms with Crippen LogP contribution in [0.5, 0.6) is 0 Å². The Balaban J connectivity index is 1.01. The summed E-state index contributed by atoms with van der Waals surface area (Å²) in [6, 6.07) is 21.7. The first-order chi connectivity index (χ1) is 19.7. The van der Waals surface area contributed by atoms with Crippen LogP contribution < -0.4 is 5.32 Å². The fourth-order valence-electron chi connectivity index (χ4n) is 5.75. The smallest absolute Gasteiger partial charge is 0.412 e. The number of nitrogens with one attached hydrogen (secondary N) is 1. The van der Waals surface area contributed by atoms with E-state index in [1.807, 2.05) is 54.6 Å². The van der Waals surface area contributed by atoms with E-state index in [4.69, 9.17) is 18.9 Å². The Morgan fingerprint density at radius 3 is 2.62 bits per heavy atom. The molecule has 0 spiro atoms. The quantitative estimate of drug-likeness (QED) is 0.392. The van der Waals surface area contributed by atoms with E-state index in [9.17, 15) is 4.79 Å². The molecule has 206 valence electrons. The van der Waals surface area contributed by atoms with Crippen LogP contribution in [0.1, 0.15) is 11.6 Å². The number of nitrogens with zero attached hydrogens (tertiary/aromatic N) is 5. The molecule has 3 aliphatic rings. The maximum Gasteiger partial charge on any atom is 0.412 e. The van der Waals surface area contributed by atoms with Crippen molar-refractivity contribution >= 4 is 22.6 Å². The van der Waals surface area contributed by atoms with Crippen LogP contribution in [0, 0.1) is 0 Å². The molecule has 1 amide bonds. The summed E-state index contributed by atoms with van der Waals surface area (Å²) in [5.74, 6) is 0.647. The van der Waals surface area contributed by atoms with Gasteiger partial charge in [-0.1, -0.05) is 60.7 Å². The van der Waals surface area contributed by atoms with Crippen molar-refractivity contribution in [1.29, 1.82) is 0 Å². The fraction of sp³-hybridized carbons (Fsp3) is 0.379. The molecule has 3 aromatic carbocycles. The van der Waals surface area contributed by atoms with Crippen LogP contribution in [0.4, 0.5) is 10.5 Å². The molecule has 4 aromatic rings. The molecule has 3 aliphatic heterocycles. The van der Waals surface area contributed by atoms with Gasteiger partial charge in [-0.25, -0.2) is 9.48 Å². The molecule has 1 N–H and O–H groups in total. The Morgan fingerprint density at radius 1 is 0.950 bits per heavy atom. The predicted molar refractivity (Wildman–Crippen MR) is 146 cm³/mol. The molecular formula is C29H30N6O5. The van der Waals surface area contributed by atoms with Crippen molar-refractivity contribution in [1.82, 2.24) is 25.1 Å². The van der Waals surface area contributed by atoms with E-state index >= 15 is 0 Å². The molecule has 0 aliphatic carbocycles. The number of rotatable bonds is 6. The van der Waals surface area contributed by atoms with Gasteiger partial charge in [-0.05, 0) is 27.4 Å². The summed E-state index contributed by atoms with van der Waals surface area (Å²) < 4.78 is 25.1. The highest BCUT2D eigenvalue weighted by atomic mass is 16.6. The maximum absolute atomic E-state index is 12.8. The Hall–Kier alpha value is -3.90. The van der Waals surface area contributed by atoms with E-state index in [-0.39, 0.29) is 18.8 Å². The van der Waals surface area contributed by atoms with Gasteiger partial charge in [0.15, 0.2) is 11.9 Å². The third-order valence-electron chi connectivity index (χ3n) is 7.80. The molecule has 40 heavy (non-hydrogen) atoms. The Morgan fingerprint density at radius 2 is 1.75 bits per heavy atom. The minimum absolute atomic E-state index is 0.238. The van der Waals surface area contributed by atoms with Gasteiger partial charge >= 0.3 is 6.09 Å². The number of tetrazole rings is 1. The van der Waals surface area contributed by atoms with Gasteiger partial charge in [-0.15, -0.1) is 5.10 Å². The summed E-state index contributed by atoms with van der Waals surface area (Å²) in [5, 5.41) is 17.4. The molecular weight excluding hydrogens is 512 g/mol. The highest BCUT2D eigenvalue weighted by Gasteiger charge is 2.51. The Labute approximate surface area is 230 Å².